The Morgan fingerprint density at radius 2 is 1.31 bits per heavy atom. The van der Waals surface area contributed by atoms with E-state index >= 15 is 0 Å². The minimum atomic E-state index is 0. The zero-order chi connectivity index (χ0) is 29.2. The molecule has 0 saturated carbocycles. The smallest absolute Gasteiger partial charge is 0.780 e. The molecule has 4 nitrogen and oxygen atoms in total. The number of methoxy groups -OCH3 is 2. The fourth-order valence-corrected chi connectivity index (χ4v) is 2.89. The summed E-state index contributed by atoms with van der Waals surface area (Å²) in [4.78, 5) is 4.15. The van der Waals surface area contributed by atoms with Gasteiger partial charge in [0.1, 0.15) is 11.5 Å². The summed E-state index contributed by atoms with van der Waals surface area (Å²) < 4.78 is 14.8. The van der Waals surface area contributed by atoms with Crippen LogP contribution in [0.1, 0.15) is 40.2 Å². The molecule has 0 aromatic heterocycles. The van der Waals surface area contributed by atoms with Crippen molar-refractivity contribution >= 4 is 56.9 Å². The second kappa shape index (κ2) is 27.2. The van der Waals surface area contributed by atoms with Crippen molar-refractivity contribution in [3.8, 4) is 11.5 Å². The molecule has 3 aromatic rings. The van der Waals surface area contributed by atoms with Gasteiger partial charge in [-0.05, 0) is 42.2 Å². The molecule has 1 unspecified atom stereocenters. The number of rotatable bonds is 4. The van der Waals surface area contributed by atoms with Gasteiger partial charge < -0.3 is 33.2 Å². The van der Waals surface area contributed by atoms with Gasteiger partial charge in [0.25, 0.3) is 0 Å². The van der Waals surface area contributed by atoms with E-state index in [0.717, 1.165) is 23.0 Å². The van der Waals surface area contributed by atoms with Crippen LogP contribution in [0.5, 0.6) is 11.5 Å². The van der Waals surface area contributed by atoms with Crippen molar-refractivity contribution in [3.05, 3.63) is 115 Å². The molecule has 0 aliphatic rings. The molecular weight excluding hydrogens is 534 g/mol. The summed E-state index contributed by atoms with van der Waals surface area (Å²) in [6.45, 7) is 22.4. The van der Waals surface area contributed by atoms with Gasteiger partial charge in [0.05, 0.1) is 27.4 Å². The number of benzene rings is 3. The van der Waals surface area contributed by atoms with E-state index in [2.05, 4.69) is 41.2 Å². The third kappa shape index (κ3) is 27.0. The summed E-state index contributed by atoms with van der Waals surface area (Å²) in [7, 11) is 5.52. The Labute approximate surface area is 261 Å². The van der Waals surface area contributed by atoms with Crippen molar-refractivity contribution in [2.45, 2.75) is 39.5 Å². The topological polar surface area (TPSA) is 32.0 Å². The third-order valence-electron chi connectivity index (χ3n) is 3.94. The molecule has 1 atom stereocenters. The first-order chi connectivity index (χ1) is 18.1. The molecule has 0 saturated heterocycles. The predicted molar refractivity (Wildman–Crippen MR) is 174 cm³/mol. The van der Waals surface area contributed by atoms with Gasteiger partial charge in [-0.2, -0.15) is 4.90 Å². The van der Waals surface area contributed by atoms with Crippen molar-refractivity contribution in [1.29, 1.82) is 0 Å². The first kappa shape index (κ1) is 41.1. The van der Waals surface area contributed by atoms with Crippen LogP contribution in [-0.4, -0.2) is 43.9 Å². The number of hydrogen-bond acceptors (Lipinski definition) is 4. The zero-order valence-corrected chi connectivity index (χ0v) is 27.8. The molecule has 0 aliphatic carbocycles. The predicted octanol–water partition coefficient (Wildman–Crippen LogP) is 9.02. The maximum Gasteiger partial charge on any atom is 2.00 e. The van der Waals surface area contributed by atoms with E-state index in [1.54, 1.807) is 45.4 Å². The molecule has 0 aliphatic heterocycles. The standard InChI is InChI=1S/C10H12O.C8H7NO.C6H6S.C5H13OP.C3H5.Mg/c1-3-4-9-5-7-10(11-2)8-6-9;1-9-7-3-5-8(10-2)6-4-7;7-6-4-2-1-3-5-6;1-5(2,3)4-6-7;1-3-2;/h3-8H,1-2H3;3-6H,2H3;1-5,7H;4,7H2,1-3H3;1,3H,2H3;/q;;;;-1;+2/p-1/b4-3+;;;;;. The van der Waals surface area contributed by atoms with Crippen LogP contribution in [0.4, 0.5) is 5.69 Å². The van der Waals surface area contributed by atoms with Crippen LogP contribution in [0.25, 0.3) is 10.9 Å². The first-order valence-electron chi connectivity index (χ1n) is 11.9. The Morgan fingerprint density at radius 1 is 0.872 bits per heavy atom. The van der Waals surface area contributed by atoms with Crippen LogP contribution < -0.4 is 9.47 Å². The SMILES string of the molecule is C/C=C/c1ccc(OC)cc1.CC(C)(C)COP.[C-]#[N+]c1ccc(OC)cc1.[CH-]=CC.[Mg+2].[S-]c1ccccc1. The van der Waals surface area contributed by atoms with Gasteiger partial charge in [0, 0.05) is 9.47 Å². The fourth-order valence-electron chi connectivity index (χ4n) is 2.23. The summed E-state index contributed by atoms with van der Waals surface area (Å²) in [5.41, 5.74) is 2.15. The van der Waals surface area contributed by atoms with Crippen LogP contribution in [0.15, 0.2) is 95.9 Å². The monoisotopic (exact) mass is 575 g/mol. The average Bonchev–Trinajstić information content (AvgIpc) is 2.91. The van der Waals surface area contributed by atoms with Gasteiger partial charge in [-0.15, -0.1) is 0 Å². The summed E-state index contributed by atoms with van der Waals surface area (Å²) in [5.74, 6) is 1.69. The summed E-state index contributed by atoms with van der Waals surface area (Å²) in [5, 5.41) is 0. The number of nitrogens with zero attached hydrogens (tertiary/aromatic N) is 1. The van der Waals surface area contributed by atoms with Crippen molar-refractivity contribution in [2.75, 3.05) is 20.8 Å². The molecular formula is C32H42MgNO3PS. The largest absolute Gasteiger partial charge is 2.00 e. The molecule has 0 amide bonds. The third-order valence-corrected chi connectivity index (χ3v) is 4.37. The molecule has 7 heteroatoms. The van der Waals surface area contributed by atoms with E-state index in [0.29, 0.717) is 11.1 Å². The van der Waals surface area contributed by atoms with Crippen molar-refractivity contribution in [2.24, 2.45) is 5.41 Å². The van der Waals surface area contributed by atoms with Crippen LogP contribution in [0.3, 0.4) is 0 Å². The summed E-state index contributed by atoms with van der Waals surface area (Å²) in [6, 6.07) is 24.6. The fraction of sp³-hybridized carbons (Fsp3) is 0.281. The molecule has 3 rings (SSSR count). The molecule has 0 heterocycles. The van der Waals surface area contributed by atoms with Crippen LogP contribution in [0.2, 0.25) is 0 Å². The summed E-state index contributed by atoms with van der Waals surface area (Å²) in [6.07, 6.45) is 5.57. The molecule has 0 fully saturated rings. The van der Waals surface area contributed by atoms with E-state index in [1.165, 1.54) is 11.6 Å². The van der Waals surface area contributed by atoms with E-state index in [9.17, 15) is 0 Å². The van der Waals surface area contributed by atoms with Gasteiger partial charge in [-0.3, -0.25) is 6.08 Å². The second-order valence-electron chi connectivity index (χ2n) is 8.60. The van der Waals surface area contributed by atoms with Crippen LogP contribution >= 0.6 is 9.47 Å². The quantitative estimate of drug-likeness (QED) is 0.134. The van der Waals surface area contributed by atoms with E-state index in [1.807, 2.05) is 67.6 Å². The minimum Gasteiger partial charge on any atom is -0.780 e. The van der Waals surface area contributed by atoms with E-state index in [-0.39, 0.29) is 23.1 Å². The Hall–Kier alpha value is -2.39. The molecule has 0 radical (unpaired) electrons. The number of ether oxygens (including phenoxy) is 2. The molecule has 0 spiro atoms. The molecule has 0 bridgehead atoms. The normalized spacial score (nSPS) is 9.10. The number of allylic oxidation sites excluding steroid dienone is 2. The van der Waals surface area contributed by atoms with Gasteiger partial charge in [-0.25, -0.2) is 4.85 Å². The average molecular weight is 576 g/mol. The van der Waals surface area contributed by atoms with Crippen molar-refractivity contribution < 1.29 is 14.0 Å². The summed E-state index contributed by atoms with van der Waals surface area (Å²) >= 11 is 4.81. The van der Waals surface area contributed by atoms with Crippen LogP contribution in [-0.2, 0) is 17.2 Å². The van der Waals surface area contributed by atoms with Gasteiger partial charge >= 0.3 is 23.1 Å². The van der Waals surface area contributed by atoms with Crippen molar-refractivity contribution in [1.82, 2.24) is 0 Å². The van der Waals surface area contributed by atoms with E-state index in [4.69, 9.17) is 39.8 Å². The molecule has 39 heavy (non-hydrogen) atoms. The molecule has 206 valence electrons. The van der Waals surface area contributed by atoms with Crippen molar-refractivity contribution in [3.63, 3.8) is 0 Å². The first-order valence-corrected chi connectivity index (χ1v) is 12.8. The van der Waals surface area contributed by atoms with Gasteiger partial charge in [0.2, 0.25) is 0 Å². The van der Waals surface area contributed by atoms with E-state index < -0.39 is 0 Å². The maximum absolute atomic E-state index is 6.66. The Morgan fingerprint density at radius 3 is 1.56 bits per heavy atom. The molecule has 0 N–H and O–H groups in total. The second-order valence-corrected chi connectivity index (χ2v) is 9.41. The molecule has 3 aromatic carbocycles. The zero-order valence-electron chi connectivity index (χ0n) is 24.4. The Bertz CT molecular complexity index is 1030. The maximum atomic E-state index is 6.66. The van der Waals surface area contributed by atoms with Gasteiger partial charge in [-0.1, -0.05) is 94.4 Å². The minimum absolute atomic E-state index is 0. The Balaban J connectivity index is -0.000000432. The van der Waals surface area contributed by atoms with Crippen LogP contribution in [0, 0.1) is 18.6 Å². The van der Waals surface area contributed by atoms with Gasteiger partial charge in [0.15, 0.2) is 5.69 Å². The number of hydrogen-bond donors (Lipinski definition) is 0. The Kier molecular flexibility index (Phi) is 28.6.